The smallest absolute Gasteiger partial charge is 0.411 e. The monoisotopic (exact) mass is 428 g/mol. The summed E-state index contributed by atoms with van der Waals surface area (Å²) in [6.07, 6.45) is 1.06. The van der Waals surface area contributed by atoms with Crippen LogP contribution in [0.4, 0.5) is 9.18 Å². The molecule has 3 aromatic carbocycles. The van der Waals surface area contributed by atoms with E-state index >= 15 is 0 Å². The van der Waals surface area contributed by atoms with E-state index in [2.05, 4.69) is 6.07 Å². The molecular weight excluding hydrogens is 403 g/mol. The summed E-state index contributed by atoms with van der Waals surface area (Å²) in [5, 5.41) is 9.11. The first kappa shape index (κ1) is 21.6. The van der Waals surface area contributed by atoms with Gasteiger partial charge in [-0.15, -0.1) is 0 Å². The second-order valence-electron chi connectivity index (χ2n) is 8.13. The van der Waals surface area contributed by atoms with Crippen LogP contribution in [0.15, 0.2) is 78.9 Å². The highest BCUT2D eigenvalue weighted by atomic mass is 19.1. The minimum Gasteiger partial charge on any atom is -0.438 e. The quantitative estimate of drug-likeness (QED) is 0.445. The van der Waals surface area contributed by atoms with Crippen LogP contribution < -0.4 is 0 Å². The minimum atomic E-state index is -0.767. The second-order valence-corrected chi connectivity index (χ2v) is 8.13. The molecule has 162 valence electrons. The van der Waals surface area contributed by atoms with Crippen molar-refractivity contribution in [3.05, 3.63) is 95.8 Å². The summed E-state index contributed by atoms with van der Waals surface area (Å²) in [4.78, 5) is 14.8. The van der Waals surface area contributed by atoms with Crippen molar-refractivity contribution in [1.82, 2.24) is 4.90 Å². The summed E-state index contributed by atoms with van der Waals surface area (Å²) < 4.78 is 19.2. The number of cyclic esters (lactones) is 1. The molecule has 1 saturated heterocycles. The Bertz CT molecular complexity index is 1110. The molecule has 3 aromatic rings. The maximum absolute atomic E-state index is 13.2. The fourth-order valence-corrected chi connectivity index (χ4v) is 4.32. The van der Waals surface area contributed by atoms with Crippen molar-refractivity contribution in [2.45, 2.75) is 37.8 Å². The van der Waals surface area contributed by atoms with Crippen molar-refractivity contribution in [2.24, 2.45) is 0 Å². The van der Waals surface area contributed by atoms with Gasteiger partial charge in [-0.2, -0.15) is 5.26 Å². The van der Waals surface area contributed by atoms with E-state index in [0.29, 0.717) is 25.8 Å². The molecule has 0 aliphatic carbocycles. The standard InChI is InChI=1S/C27H25FN2O2/c1-20(21-8-10-22(11-9-21)23-12-14-25(28)15-13-23)30-19-17-27(16-5-18-29,32-26(30)31)24-6-3-2-4-7-24/h2-4,6-15,20H,5,16-17,19H2,1H3/t20-,27+/m0/s1. The number of amides is 1. The largest absolute Gasteiger partial charge is 0.438 e. The van der Waals surface area contributed by atoms with Gasteiger partial charge >= 0.3 is 6.09 Å². The lowest BCUT2D eigenvalue weighted by atomic mass is 9.84. The molecule has 1 heterocycles. The van der Waals surface area contributed by atoms with Crippen molar-refractivity contribution in [1.29, 1.82) is 5.26 Å². The van der Waals surface area contributed by atoms with Crippen LogP contribution in [0.3, 0.4) is 0 Å². The summed E-state index contributed by atoms with van der Waals surface area (Å²) in [5.74, 6) is -0.260. The molecule has 0 spiro atoms. The van der Waals surface area contributed by atoms with E-state index in [1.165, 1.54) is 12.1 Å². The zero-order valence-corrected chi connectivity index (χ0v) is 18.0. The van der Waals surface area contributed by atoms with Gasteiger partial charge in [0.1, 0.15) is 11.4 Å². The summed E-state index contributed by atoms with van der Waals surface area (Å²) in [6, 6.07) is 26.1. The Morgan fingerprint density at radius 3 is 2.25 bits per heavy atom. The first-order chi connectivity index (χ1) is 15.5. The number of hydrogen-bond acceptors (Lipinski definition) is 3. The van der Waals surface area contributed by atoms with Gasteiger partial charge in [-0.05, 0) is 41.3 Å². The Labute approximate surface area is 187 Å². The number of hydrogen-bond donors (Lipinski definition) is 0. The van der Waals surface area contributed by atoms with Crippen LogP contribution in [0.1, 0.15) is 43.4 Å². The summed E-state index contributed by atoms with van der Waals surface area (Å²) in [5.41, 5.74) is 3.09. The van der Waals surface area contributed by atoms with Gasteiger partial charge in [0, 0.05) is 25.8 Å². The molecule has 2 atom stereocenters. The number of benzene rings is 3. The van der Waals surface area contributed by atoms with E-state index in [1.807, 2.05) is 61.5 Å². The normalized spacial score (nSPS) is 19.2. The van der Waals surface area contributed by atoms with E-state index in [-0.39, 0.29) is 18.0 Å². The molecule has 0 aromatic heterocycles. The van der Waals surface area contributed by atoms with Crippen LogP contribution in [-0.2, 0) is 10.3 Å². The Morgan fingerprint density at radius 1 is 1.03 bits per heavy atom. The highest BCUT2D eigenvalue weighted by Crippen LogP contribution is 2.40. The lowest BCUT2D eigenvalue weighted by Crippen LogP contribution is -2.48. The second kappa shape index (κ2) is 9.23. The molecule has 0 bridgehead atoms. The maximum Gasteiger partial charge on any atom is 0.411 e. The number of nitriles is 1. The Balaban J connectivity index is 1.51. The Morgan fingerprint density at radius 2 is 1.66 bits per heavy atom. The fraction of sp³-hybridized carbons (Fsp3) is 0.259. The SMILES string of the molecule is C[C@@H](c1ccc(-c2ccc(F)cc2)cc1)N1CC[C@](CCC#N)(c2ccccc2)OC1=O. The van der Waals surface area contributed by atoms with Crippen molar-refractivity contribution < 1.29 is 13.9 Å². The van der Waals surface area contributed by atoms with E-state index in [0.717, 1.165) is 22.3 Å². The predicted octanol–water partition coefficient (Wildman–Crippen LogP) is 6.60. The van der Waals surface area contributed by atoms with Crippen LogP contribution in [0.2, 0.25) is 0 Å². The molecule has 1 aliphatic rings. The van der Waals surface area contributed by atoms with Gasteiger partial charge < -0.3 is 9.64 Å². The molecule has 0 unspecified atom stereocenters. The van der Waals surface area contributed by atoms with E-state index in [4.69, 9.17) is 10.00 Å². The predicted molar refractivity (Wildman–Crippen MR) is 121 cm³/mol. The number of carbonyl (C=O) groups is 1. The molecule has 1 aliphatic heterocycles. The number of nitrogens with zero attached hydrogens (tertiary/aromatic N) is 2. The highest BCUT2D eigenvalue weighted by Gasteiger charge is 2.43. The van der Waals surface area contributed by atoms with Crippen molar-refractivity contribution >= 4 is 6.09 Å². The third-order valence-corrected chi connectivity index (χ3v) is 6.25. The molecule has 1 fully saturated rings. The van der Waals surface area contributed by atoms with E-state index in [1.54, 1.807) is 17.0 Å². The topological polar surface area (TPSA) is 53.3 Å². The summed E-state index contributed by atoms with van der Waals surface area (Å²) >= 11 is 0. The first-order valence-electron chi connectivity index (χ1n) is 10.8. The number of halogens is 1. The summed E-state index contributed by atoms with van der Waals surface area (Å²) in [6.45, 7) is 2.53. The molecule has 0 radical (unpaired) electrons. The van der Waals surface area contributed by atoms with Gasteiger partial charge in [-0.25, -0.2) is 9.18 Å². The van der Waals surface area contributed by atoms with Gasteiger partial charge in [0.05, 0.1) is 12.1 Å². The average molecular weight is 429 g/mol. The van der Waals surface area contributed by atoms with Gasteiger partial charge in [0.25, 0.3) is 0 Å². The van der Waals surface area contributed by atoms with Crippen molar-refractivity contribution in [3.8, 4) is 17.2 Å². The van der Waals surface area contributed by atoms with Crippen LogP contribution in [0, 0.1) is 17.1 Å². The zero-order chi connectivity index (χ0) is 22.6. The van der Waals surface area contributed by atoms with E-state index in [9.17, 15) is 9.18 Å². The van der Waals surface area contributed by atoms with Crippen molar-refractivity contribution in [2.75, 3.05) is 6.54 Å². The van der Waals surface area contributed by atoms with Gasteiger partial charge in [0.15, 0.2) is 0 Å². The molecule has 0 N–H and O–H groups in total. The lowest BCUT2D eigenvalue weighted by molar-refractivity contribution is -0.0647. The minimum absolute atomic E-state index is 0.158. The third kappa shape index (κ3) is 4.36. The molecule has 1 amide bonds. The van der Waals surface area contributed by atoms with Crippen LogP contribution in [0.25, 0.3) is 11.1 Å². The molecule has 4 rings (SSSR count). The Hall–Kier alpha value is -3.65. The van der Waals surface area contributed by atoms with Crippen LogP contribution in [0.5, 0.6) is 0 Å². The molecular formula is C27H25FN2O2. The molecule has 0 saturated carbocycles. The van der Waals surface area contributed by atoms with Gasteiger partial charge in [0.2, 0.25) is 0 Å². The van der Waals surface area contributed by atoms with Crippen molar-refractivity contribution in [3.63, 3.8) is 0 Å². The average Bonchev–Trinajstić information content (AvgIpc) is 2.83. The van der Waals surface area contributed by atoms with Crippen LogP contribution >= 0.6 is 0 Å². The Kier molecular flexibility index (Phi) is 6.23. The third-order valence-electron chi connectivity index (χ3n) is 6.25. The highest BCUT2D eigenvalue weighted by molar-refractivity contribution is 5.70. The number of rotatable bonds is 6. The summed E-state index contributed by atoms with van der Waals surface area (Å²) in [7, 11) is 0. The maximum atomic E-state index is 13.2. The van der Waals surface area contributed by atoms with E-state index < -0.39 is 5.60 Å². The molecule has 5 heteroatoms. The number of carbonyl (C=O) groups excluding carboxylic acids is 1. The fourth-order valence-electron chi connectivity index (χ4n) is 4.32. The number of ether oxygens (including phenoxy) is 1. The van der Waals surface area contributed by atoms with Gasteiger partial charge in [-0.1, -0.05) is 66.7 Å². The lowest BCUT2D eigenvalue weighted by Gasteiger charge is -2.43. The molecule has 32 heavy (non-hydrogen) atoms. The van der Waals surface area contributed by atoms with Gasteiger partial charge in [-0.3, -0.25) is 0 Å². The first-order valence-corrected chi connectivity index (χ1v) is 10.8. The zero-order valence-electron chi connectivity index (χ0n) is 18.0. The van der Waals surface area contributed by atoms with Crippen LogP contribution in [-0.4, -0.2) is 17.5 Å². The molecule has 4 nitrogen and oxygen atoms in total.